The molecule has 4 aromatic rings. The van der Waals surface area contributed by atoms with Gasteiger partial charge in [0, 0.05) is 29.3 Å². The SMILES string of the molecule is c1csc(-c2ccc(C3=C(c4ccc(-c5cccs5)s4)CCCC3)s2)c1. The average molecular weight is 411 g/mol. The van der Waals surface area contributed by atoms with Gasteiger partial charge in [-0.3, -0.25) is 0 Å². The highest BCUT2D eigenvalue weighted by atomic mass is 32.1. The molecule has 0 aromatic carbocycles. The van der Waals surface area contributed by atoms with Crippen LogP contribution in [-0.4, -0.2) is 0 Å². The fourth-order valence-corrected chi connectivity index (χ4v) is 7.43. The van der Waals surface area contributed by atoms with Gasteiger partial charge in [-0.15, -0.1) is 45.3 Å². The molecule has 4 heterocycles. The van der Waals surface area contributed by atoms with E-state index in [4.69, 9.17) is 0 Å². The molecule has 1 aliphatic carbocycles. The molecule has 26 heavy (non-hydrogen) atoms. The fourth-order valence-electron chi connectivity index (χ4n) is 3.55. The van der Waals surface area contributed by atoms with E-state index >= 15 is 0 Å². The van der Waals surface area contributed by atoms with Crippen LogP contribution in [0, 0.1) is 0 Å². The summed E-state index contributed by atoms with van der Waals surface area (Å²) in [6.45, 7) is 0. The van der Waals surface area contributed by atoms with E-state index < -0.39 is 0 Å². The molecule has 0 N–H and O–H groups in total. The van der Waals surface area contributed by atoms with Crippen LogP contribution >= 0.6 is 45.3 Å². The van der Waals surface area contributed by atoms with Crippen LogP contribution in [0.25, 0.3) is 30.7 Å². The molecule has 0 aliphatic heterocycles. The maximum absolute atomic E-state index is 2.34. The second-order valence-electron chi connectivity index (χ2n) is 6.45. The van der Waals surface area contributed by atoms with Gasteiger partial charge in [0.1, 0.15) is 0 Å². The lowest BCUT2D eigenvalue weighted by atomic mass is 9.90. The fraction of sp³-hybridized carbons (Fsp3) is 0.182. The van der Waals surface area contributed by atoms with Gasteiger partial charge in [0.15, 0.2) is 0 Å². The van der Waals surface area contributed by atoms with Crippen molar-refractivity contribution in [3.63, 3.8) is 0 Å². The number of thiophene rings is 4. The largest absolute Gasteiger partial charge is 0.143 e. The predicted molar refractivity (Wildman–Crippen MR) is 121 cm³/mol. The lowest BCUT2D eigenvalue weighted by Crippen LogP contribution is -1.96. The third-order valence-corrected chi connectivity index (χ3v) is 9.22. The summed E-state index contributed by atoms with van der Waals surface area (Å²) in [5, 5.41) is 4.33. The van der Waals surface area contributed by atoms with Crippen molar-refractivity contribution in [1.82, 2.24) is 0 Å². The summed E-state index contributed by atoms with van der Waals surface area (Å²) in [6.07, 6.45) is 5.06. The Balaban J connectivity index is 1.54. The Kier molecular flexibility index (Phi) is 4.67. The molecule has 0 saturated heterocycles. The molecule has 0 amide bonds. The molecule has 0 atom stereocenters. The zero-order valence-corrected chi connectivity index (χ0v) is 17.5. The monoisotopic (exact) mass is 410 g/mol. The van der Waals surface area contributed by atoms with Crippen LogP contribution in [-0.2, 0) is 0 Å². The zero-order chi connectivity index (χ0) is 17.3. The summed E-state index contributed by atoms with van der Waals surface area (Å²) in [5.74, 6) is 0. The molecule has 0 nitrogen and oxygen atoms in total. The van der Waals surface area contributed by atoms with Crippen molar-refractivity contribution < 1.29 is 0 Å². The number of allylic oxidation sites excluding steroid dienone is 2. The summed E-state index contributed by atoms with van der Waals surface area (Å²) in [5.41, 5.74) is 3.17. The van der Waals surface area contributed by atoms with Gasteiger partial charge in [0.2, 0.25) is 0 Å². The summed E-state index contributed by atoms with van der Waals surface area (Å²) in [6, 6.07) is 18.0. The van der Waals surface area contributed by atoms with E-state index in [1.807, 2.05) is 45.3 Å². The van der Waals surface area contributed by atoms with E-state index in [1.165, 1.54) is 54.9 Å². The quantitative estimate of drug-likeness (QED) is 0.315. The van der Waals surface area contributed by atoms with E-state index in [9.17, 15) is 0 Å². The van der Waals surface area contributed by atoms with E-state index in [1.54, 1.807) is 11.1 Å². The lowest BCUT2D eigenvalue weighted by molar-refractivity contribution is 0.755. The first-order valence-corrected chi connectivity index (χ1v) is 12.3. The van der Waals surface area contributed by atoms with Crippen LogP contribution < -0.4 is 0 Å². The topological polar surface area (TPSA) is 0 Å². The third-order valence-electron chi connectivity index (χ3n) is 4.80. The average Bonchev–Trinajstić information content (AvgIpc) is 3.49. The Morgan fingerprint density at radius 2 is 0.962 bits per heavy atom. The minimum absolute atomic E-state index is 1.21. The highest BCUT2D eigenvalue weighted by molar-refractivity contribution is 7.22. The Bertz CT molecular complexity index is 941. The van der Waals surface area contributed by atoms with Crippen LogP contribution in [0.4, 0.5) is 0 Å². The molecule has 0 radical (unpaired) electrons. The maximum Gasteiger partial charge on any atom is 0.0449 e. The van der Waals surface area contributed by atoms with Crippen LogP contribution in [0.1, 0.15) is 35.4 Å². The van der Waals surface area contributed by atoms with E-state index in [2.05, 4.69) is 59.3 Å². The minimum atomic E-state index is 1.21. The molecule has 0 spiro atoms. The lowest BCUT2D eigenvalue weighted by Gasteiger charge is -2.18. The Morgan fingerprint density at radius 1 is 0.500 bits per heavy atom. The molecule has 5 rings (SSSR count). The molecule has 4 heteroatoms. The molecule has 4 aromatic heterocycles. The van der Waals surface area contributed by atoms with Crippen LogP contribution in [0.3, 0.4) is 0 Å². The molecule has 0 unspecified atom stereocenters. The molecular formula is C22H18S4. The van der Waals surface area contributed by atoms with Crippen molar-refractivity contribution in [3.05, 3.63) is 69.0 Å². The minimum Gasteiger partial charge on any atom is -0.143 e. The van der Waals surface area contributed by atoms with Crippen molar-refractivity contribution in [1.29, 1.82) is 0 Å². The van der Waals surface area contributed by atoms with Gasteiger partial charge in [-0.05, 0) is 84.0 Å². The Morgan fingerprint density at radius 3 is 1.38 bits per heavy atom. The first kappa shape index (κ1) is 16.7. The van der Waals surface area contributed by atoms with Gasteiger partial charge in [-0.2, -0.15) is 0 Å². The Labute approximate surface area is 170 Å². The summed E-state index contributed by atoms with van der Waals surface area (Å²) in [4.78, 5) is 8.50. The first-order valence-electron chi connectivity index (χ1n) is 8.89. The normalized spacial score (nSPS) is 14.9. The molecular weight excluding hydrogens is 393 g/mol. The van der Waals surface area contributed by atoms with Crippen molar-refractivity contribution in [2.24, 2.45) is 0 Å². The second-order valence-corrected chi connectivity index (χ2v) is 10.5. The van der Waals surface area contributed by atoms with Crippen molar-refractivity contribution in [2.45, 2.75) is 25.7 Å². The van der Waals surface area contributed by atoms with E-state index in [0.717, 1.165) is 0 Å². The van der Waals surface area contributed by atoms with Gasteiger partial charge in [-0.25, -0.2) is 0 Å². The van der Waals surface area contributed by atoms with Gasteiger partial charge in [0.05, 0.1) is 0 Å². The molecule has 0 bridgehead atoms. The van der Waals surface area contributed by atoms with Gasteiger partial charge >= 0.3 is 0 Å². The van der Waals surface area contributed by atoms with Crippen LogP contribution in [0.2, 0.25) is 0 Å². The second kappa shape index (κ2) is 7.28. The third kappa shape index (κ3) is 3.16. The molecule has 0 fully saturated rings. The van der Waals surface area contributed by atoms with Gasteiger partial charge < -0.3 is 0 Å². The summed E-state index contributed by atoms with van der Waals surface area (Å²) in [7, 11) is 0. The molecule has 1 aliphatic rings. The van der Waals surface area contributed by atoms with Crippen LogP contribution in [0.5, 0.6) is 0 Å². The standard InChI is InChI=1S/C22H18S4/c1-2-6-16(18-10-12-22(26-18)20-8-4-14-24-20)15(5-1)17-9-11-21(25-17)19-7-3-13-23-19/h3-4,7-14H,1-2,5-6H2. The number of rotatable bonds is 4. The predicted octanol–water partition coefficient (Wildman–Crippen LogP) is 8.75. The van der Waals surface area contributed by atoms with Gasteiger partial charge in [-0.1, -0.05) is 12.1 Å². The molecule has 130 valence electrons. The first-order chi connectivity index (χ1) is 12.9. The highest BCUT2D eigenvalue weighted by Gasteiger charge is 2.19. The summed E-state index contributed by atoms with van der Waals surface area (Å²) >= 11 is 7.58. The van der Waals surface area contributed by atoms with E-state index in [0.29, 0.717) is 0 Å². The van der Waals surface area contributed by atoms with Crippen molar-refractivity contribution >= 4 is 56.5 Å². The Hall–Kier alpha value is -1.46. The van der Waals surface area contributed by atoms with Crippen molar-refractivity contribution in [3.8, 4) is 19.5 Å². The number of hydrogen-bond acceptors (Lipinski definition) is 4. The van der Waals surface area contributed by atoms with E-state index in [-0.39, 0.29) is 0 Å². The smallest absolute Gasteiger partial charge is 0.0449 e. The van der Waals surface area contributed by atoms with Crippen LogP contribution in [0.15, 0.2) is 59.3 Å². The highest BCUT2D eigenvalue weighted by Crippen LogP contribution is 2.45. The zero-order valence-electron chi connectivity index (χ0n) is 14.2. The maximum atomic E-state index is 2.34. The van der Waals surface area contributed by atoms with Gasteiger partial charge in [0.25, 0.3) is 0 Å². The summed E-state index contributed by atoms with van der Waals surface area (Å²) < 4.78 is 0. The van der Waals surface area contributed by atoms with Crippen molar-refractivity contribution in [2.75, 3.05) is 0 Å². The number of hydrogen-bond donors (Lipinski definition) is 0. The molecule has 0 saturated carbocycles.